The van der Waals surface area contributed by atoms with Crippen LogP contribution in [0.5, 0.6) is 0 Å². The molecule has 0 saturated heterocycles. The van der Waals surface area contributed by atoms with E-state index in [0.29, 0.717) is 6.42 Å². The molecule has 0 amide bonds. The molecule has 66 valence electrons. The Bertz CT molecular complexity index is 132. The molecule has 0 heterocycles. The maximum atomic E-state index is 13.2. The summed E-state index contributed by atoms with van der Waals surface area (Å²) in [4.78, 5) is 10.7. The number of carbonyl (C=O) groups is 1. The molecular weight excluding hydrogens is 147 g/mol. The fourth-order valence-electron chi connectivity index (χ4n) is 0.824. The van der Waals surface area contributed by atoms with Crippen molar-refractivity contribution in [3.8, 4) is 0 Å². The molecule has 0 aromatic heterocycles. The van der Waals surface area contributed by atoms with Crippen LogP contribution in [-0.2, 0) is 9.53 Å². The molecule has 0 N–H and O–H groups in total. The Morgan fingerprint density at radius 1 is 1.64 bits per heavy atom. The molecule has 0 saturated carbocycles. The fourth-order valence-corrected chi connectivity index (χ4v) is 0.824. The van der Waals surface area contributed by atoms with E-state index in [9.17, 15) is 9.18 Å². The van der Waals surface area contributed by atoms with Crippen molar-refractivity contribution in [2.45, 2.75) is 38.8 Å². The first-order valence-electron chi connectivity index (χ1n) is 3.82. The zero-order valence-corrected chi connectivity index (χ0v) is 7.32. The van der Waals surface area contributed by atoms with Crippen molar-refractivity contribution < 1.29 is 13.9 Å². The van der Waals surface area contributed by atoms with Gasteiger partial charge in [-0.05, 0) is 19.8 Å². The Labute approximate surface area is 66.7 Å². The van der Waals surface area contributed by atoms with Gasteiger partial charge in [0, 0.05) is 0 Å². The molecule has 0 spiro atoms. The molecule has 0 radical (unpaired) electrons. The summed E-state index contributed by atoms with van der Waals surface area (Å²) < 4.78 is 17.5. The highest BCUT2D eigenvalue weighted by molar-refractivity contribution is 5.78. The molecule has 0 aromatic rings. The van der Waals surface area contributed by atoms with Crippen molar-refractivity contribution in [3.05, 3.63) is 0 Å². The average molecular weight is 162 g/mol. The summed E-state index contributed by atoms with van der Waals surface area (Å²) in [5.74, 6) is -0.772. The first-order chi connectivity index (χ1) is 5.04. The molecule has 0 aromatic carbocycles. The van der Waals surface area contributed by atoms with Crippen molar-refractivity contribution in [1.29, 1.82) is 0 Å². The van der Waals surface area contributed by atoms with E-state index in [1.165, 1.54) is 14.0 Å². The van der Waals surface area contributed by atoms with Gasteiger partial charge in [0.15, 0.2) is 0 Å². The molecule has 1 atom stereocenters. The van der Waals surface area contributed by atoms with E-state index in [-0.39, 0.29) is 6.42 Å². The molecule has 2 nitrogen and oxygen atoms in total. The Morgan fingerprint density at radius 3 is 2.55 bits per heavy atom. The Kier molecular flexibility index (Phi) is 4.08. The predicted octanol–water partition coefficient (Wildman–Crippen LogP) is 2.08. The zero-order valence-electron chi connectivity index (χ0n) is 7.32. The molecular formula is C8H15FO2. The lowest BCUT2D eigenvalue weighted by molar-refractivity contribution is -0.154. The zero-order chi connectivity index (χ0) is 8.91. The van der Waals surface area contributed by atoms with Crippen LogP contribution in [0, 0.1) is 0 Å². The lowest BCUT2D eigenvalue weighted by atomic mass is 10.0. The van der Waals surface area contributed by atoms with E-state index in [1.54, 1.807) is 0 Å². The minimum Gasteiger partial charge on any atom is -0.467 e. The monoisotopic (exact) mass is 162 g/mol. The lowest BCUT2D eigenvalue weighted by Crippen LogP contribution is -2.31. The average Bonchev–Trinajstić information content (AvgIpc) is 1.99. The normalized spacial score (nSPS) is 15.6. The van der Waals surface area contributed by atoms with Gasteiger partial charge >= 0.3 is 5.97 Å². The third-order valence-corrected chi connectivity index (χ3v) is 1.61. The van der Waals surface area contributed by atoms with Gasteiger partial charge in [-0.1, -0.05) is 13.3 Å². The van der Waals surface area contributed by atoms with Gasteiger partial charge in [0.1, 0.15) is 0 Å². The molecule has 0 aliphatic rings. The third kappa shape index (κ3) is 3.35. The van der Waals surface area contributed by atoms with E-state index in [2.05, 4.69) is 4.74 Å². The van der Waals surface area contributed by atoms with Gasteiger partial charge in [0.2, 0.25) is 5.67 Å². The topological polar surface area (TPSA) is 26.3 Å². The van der Waals surface area contributed by atoms with Crippen molar-refractivity contribution in [2.75, 3.05) is 7.11 Å². The number of ether oxygens (including phenoxy) is 1. The Balaban J connectivity index is 3.88. The second-order valence-electron chi connectivity index (χ2n) is 2.79. The quantitative estimate of drug-likeness (QED) is 0.591. The number of carbonyl (C=O) groups excluding carboxylic acids is 1. The highest BCUT2D eigenvalue weighted by Crippen LogP contribution is 2.19. The standard InChI is InChI=1S/C8H15FO2/c1-4-5-6-8(2,9)7(10)11-3/h4-6H2,1-3H3/t8-/m0/s1. The maximum absolute atomic E-state index is 13.2. The lowest BCUT2D eigenvalue weighted by Gasteiger charge is -2.16. The molecule has 0 rings (SSSR count). The number of esters is 1. The molecule has 0 unspecified atom stereocenters. The number of unbranched alkanes of at least 4 members (excludes halogenated alkanes) is 1. The summed E-state index contributed by atoms with van der Waals surface area (Å²) >= 11 is 0. The van der Waals surface area contributed by atoms with Gasteiger partial charge in [-0.25, -0.2) is 9.18 Å². The minimum atomic E-state index is -1.80. The largest absolute Gasteiger partial charge is 0.467 e. The molecule has 0 aliphatic carbocycles. The van der Waals surface area contributed by atoms with Crippen LogP contribution >= 0.6 is 0 Å². The van der Waals surface area contributed by atoms with Gasteiger partial charge < -0.3 is 4.74 Å². The summed E-state index contributed by atoms with van der Waals surface area (Å²) in [5, 5.41) is 0. The molecule has 0 aliphatic heterocycles. The number of methoxy groups -OCH3 is 1. The summed E-state index contributed by atoms with van der Waals surface area (Å²) in [6, 6.07) is 0. The van der Waals surface area contributed by atoms with E-state index in [4.69, 9.17) is 0 Å². The second kappa shape index (κ2) is 4.31. The maximum Gasteiger partial charge on any atom is 0.343 e. The Morgan fingerprint density at radius 2 is 2.18 bits per heavy atom. The highest BCUT2D eigenvalue weighted by atomic mass is 19.1. The molecule has 11 heavy (non-hydrogen) atoms. The first kappa shape index (κ1) is 10.4. The van der Waals surface area contributed by atoms with E-state index >= 15 is 0 Å². The number of hydrogen-bond acceptors (Lipinski definition) is 2. The Hall–Kier alpha value is -0.600. The smallest absolute Gasteiger partial charge is 0.343 e. The highest BCUT2D eigenvalue weighted by Gasteiger charge is 2.32. The van der Waals surface area contributed by atoms with Gasteiger partial charge in [0.25, 0.3) is 0 Å². The van der Waals surface area contributed by atoms with Crippen LogP contribution in [0.15, 0.2) is 0 Å². The van der Waals surface area contributed by atoms with E-state index < -0.39 is 11.6 Å². The van der Waals surface area contributed by atoms with Crippen LogP contribution in [0.2, 0.25) is 0 Å². The van der Waals surface area contributed by atoms with Crippen molar-refractivity contribution in [1.82, 2.24) is 0 Å². The third-order valence-electron chi connectivity index (χ3n) is 1.61. The number of rotatable bonds is 4. The van der Waals surface area contributed by atoms with Gasteiger partial charge in [0.05, 0.1) is 7.11 Å². The summed E-state index contributed by atoms with van der Waals surface area (Å²) in [7, 11) is 1.20. The van der Waals surface area contributed by atoms with Crippen LogP contribution < -0.4 is 0 Å². The van der Waals surface area contributed by atoms with E-state index in [0.717, 1.165) is 6.42 Å². The van der Waals surface area contributed by atoms with E-state index in [1.807, 2.05) is 6.92 Å². The fraction of sp³-hybridized carbons (Fsp3) is 0.875. The summed E-state index contributed by atoms with van der Waals surface area (Å²) in [6.07, 6.45) is 1.84. The molecule has 0 fully saturated rings. The number of hydrogen-bond donors (Lipinski definition) is 0. The van der Waals surface area contributed by atoms with Crippen LogP contribution in [0.1, 0.15) is 33.1 Å². The van der Waals surface area contributed by atoms with Crippen LogP contribution in [0.3, 0.4) is 0 Å². The van der Waals surface area contributed by atoms with Crippen molar-refractivity contribution in [2.24, 2.45) is 0 Å². The van der Waals surface area contributed by atoms with Gasteiger partial charge in [-0.15, -0.1) is 0 Å². The molecule has 0 bridgehead atoms. The van der Waals surface area contributed by atoms with Crippen LogP contribution in [-0.4, -0.2) is 18.7 Å². The van der Waals surface area contributed by atoms with Crippen LogP contribution in [0.25, 0.3) is 0 Å². The van der Waals surface area contributed by atoms with Crippen molar-refractivity contribution >= 4 is 5.97 Å². The van der Waals surface area contributed by atoms with Crippen LogP contribution in [0.4, 0.5) is 4.39 Å². The predicted molar refractivity (Wildman–Crippen MR) is 41.1 cm³/mol. The number of halogens is 1. The van der Waals surface area contributed by atoms with Crippen molar-refractivity contribution in [3.63, 3.8) is 0 Å². The number of alkyl halides is 1. The first-order valence-corrected chi connectivity index (χ1v) is 3.82. The van der Waals surface area contributed by atoms with Gasteiger partial charge in [-0.2, -0.15) is 0 Å². The van der Waals surface area contributed by atoms with Gasteiger partial charge in [-0.3, -0.25) is 0 Å². The second-order valence-corrected chi connectivity index (χ2v) is 2.79. The summed E-state index contributed by atoms with van der Waals surface area (Å²) in [5.41, 5.74) is -1.80. The molecule has 3 heteroatoms. The SMILES string of the molecule is CCCC[C@](C)(F)C(=O)OC. The summed E-state index contributed by atoms with van der Waals surface area (Å²) in [6.45, 7) is 3.21. The minimum absolute atomic E-state index is 0.246.